The van der Waals surface area contributed by atoms with E-state index >= 15 is 0 Å². The van der Waals surface area contributed by atoms with E-state index in [0.29, 0.717) is 45.2 Å². The zero-order valence-corrected chi connectivity index (χ0v) is 20.1. The molecule has 1 heterocycles. The number of rotatable bonds is 13. The number of amides is 3. The molecule has 13 heteroatoms. The Morgan fingerprint density at radius 1 is 1.15 bits per heavy atom. The topological polar surface area (TPSA) is 206 Å². The highest BCUT2D eigenvalue weighted by molar-refractivity contribution is 7.80. The first-order valence-electron chi connectivity index (χ1n) is 11.0. The van der Waals surface area contributed by atoms with Crippen LogP contribution in [0.3, 0.4) is 0 Å². The minimum Gasteiger partial charge on any atom is -0.480 e. The third kappa shape index (κ3) is 9.46. The number of carbonyl (C=O) groups is 4. The van der Waals surface area contributed by atoms with Gasteiger partial charge in [-0.25, -0.2) is 4.79 Å². The molecule has 0 aromatic rings. The minimum absolute atomic E-state index is 0.0116. The van der Waals surface area contributed by atoms with Crippen LogP contribution in [0.1, 0.15) is 46.0 Å². The average molecular weight is 488 g/mol. The number of thiol groups is 1. The molecule has 3 amide bonds. The number of hydrogen-bond donors (Lipinski definition) is 7. The van der Waals surface area contributed by atoms with Gasteiger partial charge in [-0.05, 0) is 38.0 Å². The maximum absolute atomic E-state index is 13.1. The number of hydrogen-bond acceptors (Lipinski definition) is 7. The molecule has 4 atom stereocenters. The van der Waals surface area contributed by atoms with Crippen LogP contribution < -0.4 is 27.8 Å². The van der Waals surface area contributed by atoms with Crippen LogP contribution >= 0.6 is 12.6 Å². The van der Waals surface area contributed by atoms with E-state index in [9.17, 15) is 24.3 Å². The van der Waals surface area contributed by atoms with Gasteiger partial charge in [-0.2, -0.15) is 12.6 Å². The number of carboxylic acids is 1. The van der Waals surface area contributed by atoms with Crippen molar-refractivity contribution in [2.24, 2.45) is 28.1 Å². The van der Waals surface area contributed by atoms with Crippen LogP contribution in [0, 0.1) is 5.92 Å². The standard InChI is InChI=1S/C20H37N7O5S/c1-11(2)9-13(18(30)27-8-4-6-15(27)19(31)32)25-17(29)14(10-33)26-16(28)12(21)5-3-7-24-20(22)23/h11-15,33H,3-10,21H2,1-2H3,(H,25,29)(H,26,28)(H,31,32)(H4,22,23,24). The van der Waals surface area contributed by atoms with Gasteiger partial charge in [-0.3, -0.25) is 19.4 Å². The molecule has 4 unspecified atom stereocenters. The largest absolute Gasteiger partial charge is 0.480 e. The number of nitrogens with two attached hydrogens (primary N) is 3. The first-order valence-corrected chi connectivity index (χ1v) is 11.7. The van der Waals surface area contributed by atoms with Crippen molar-refractivity contribution in [2.45, 2.75) is 70.1 Å². The Morgan fingerprint density at radius 2 is 1.79 bits per heavy atom. The Labute approximate surface area is 199 Å². The first-order chi connectivity index (χ1) is 15.5. The fourth-order valence-electron chi connectivity index (χ4n) is 3.58. The summed E-state index contributed by atoms with van der Waals surface area (Å²) in [6, 6.07) is -3.70. The van der Waals surface area contributed by atoms with Crippen LogP contribution in [0.2, 0.25) is 0 Å². The van der Waals surface area contributed by atoms with E-state index in [1.807, 2.05) is 13.8 Å². The van der Waals surface area contributed by atoms with Gasteiger partial charge < -0.3 is 37.8 Å². The summed E-state index contributed by atoms with van der Waals surface area (Å²) in [5.41, 5.74) is 16.4. The zero-order chi connectivity index (χ0) is 25.1. The van der Waals surface area contributed by atoms with Crippen molar-refractivity contribution in [1.29, 1.82) is 0 Å². The molecule has 12 nitrogen and oxygen atoms in total. The molecule has 0 spiro atoms. The van der Waals surface area contributed by atoms with Gasteiger partial charge in [-0.15, -0.1) is 0 Å². The Morgan fingerprint density at radius 3 is 2.33 bits per heavy atom. The van der Waals surface area contributed by atoms with Crippen LogP contribution in [-0.2, 0) is 19.2 Å². The second kappa shape index (κ2) is 13.9. The summed E-state index contributed by atoms with van der Waals surface area (Å²) in [7, 11) is 0. The number of aliphatic carboxylic acids is 1. The molecule has 0 bridgehead atoms. The molecular formula is C20H37N7O5S. The molecule has 0 aliphatic carbocycles. The highest BCUT2D eigenvalue weighted by Crippen LogP contribution is 2.20. The lowest BCUT2D eigenvalue weighted by atomic mass is 10.0. The molecule has 188 valence electrons. The van der Waals surface area contributed by atoms with Crippen LogP contribution in [0.25, 0.3) is 0 Å². The van der Waals surface area contributed by atoms with Crippen LogP contribution in [0.15, 0.2) is 4.99 Å². The number of nitrogens with zero attached hydrogens (tertiary/aromatic N) is 2. The molecule has 1 aliphatic heterocycles. The Bertz CT molecular complexity index is 730. The van der Waals surface area contributed by atoms with Gasteiger partial charge in [0.25, 0.3) is 0 Å². The Kier molecular flexibility index (Phi) is 12.0. The second-order valence-corrected chi connectivity index (χ2v) is 8.88. The monoisotopic (exact) mass is 487 g/mol. The lowest BCUT2D eigenvalue weighted by Gasteiger charge is -2.29. The molecule has 1 saturated heterocycles. The van der Waals surface area contributed by atoms with Crippen molar-refractivity contribution in [1.82, 2.24) is 15.5 Å². The lowest BCUT2D eigenvalue weighted by molar-refractivity contribution is -0.149. The number of likely N-dealkylation sites (tertiary alicyclic amines) is 1. The first kappa shape index (κ1) is 28.5. The van der Waals surface area contributed by atoms with Gasteiger partial charge in [0, 0.05) is 18.8 Å². The lowest BCUT2D eigenvalue weighted by Crippen LogP contribution is -2.57. The molecule has 33 heavy (non-hydrogen) atoms. The van der Waals surface area contributed by atoms with E-state index in [1.165, 1.54) is 4.90 Å². The van der Waals surface area contributed by atoms with Gasteiger partial charge in [-0.1, -0.05) is 13.8 Å². The predicted octanol–water partition coefficient (Wildman–Crippen LogP) is -1.61. The van der Waals surface area contributed by atoms with E-state index in [-0.39, 0.29) is 17.6 Å². The molecule has 0 radical (unpaired) electrons. The van der Waals surface area contributed by atoms with Crippen molar-refractivity contribution in [2.75, 3.05) is 18.8 Å². The van der Waals surface area contributed by atoms with Crippen molar-refractivity contribution < 1.29 is 24.3 Å². The number of aliphatic imine (C=N–C) groups is 1. The highest BCUT2D eigenvalue weighted by Gasteiger charge is 2.38. The Balaban J connectivity index is 2.77. The highest BCUT2D eigenvalue weighted by atomic mass is 32.1. The quantitative estimate of drug-likeness (QED) is 0.0694. The van der Waals surface area contributed by atoms with E-state index in [1.54, 1.807) is 0 Å². The number of nitrogens with one attached hydrogen (secondary N) is 2. The predicted molar refractivity (Wildman–Crippen MR) is 127 cm³/mol. The summed E-state index contributed by atoms with van der Waals surface area (Å²) < 4.78 is 0. The van der Waals surface area contributed by atoms with Crippen molar-refractivity contribution in [3.63, 3.8) is 0 Å². The smallest absolute Gasteiger partial charge is 0.326 e. The fourth-order valence-corrected chi connectivity index (χ4v) is 3.83. The number of carboxylic acid groups (broad SMARTS) is 1. The zero-order valence-electron chi connectivity index (χ0n) is 19.2. The van der Waals surface area contributed by atoms with E-state index in [0.717, 1.165) is 0 Å². The Hall–Kier alpha value is -2.54. The minimum atomic E-state index is -1.07. The summed E-state index contributed by atoms with van der Waals surface area (Å²) in [6.45, 7) is 4.43. The van der Waals surface area contributed by atoms with Gasteiger partial charge in [0.2, 0.25) is 17.7 Å². The van der Waals surface area contributed by atoms with Crippen molar-refractivity contribution in [3.8, 4) is 0 Å². The maximum Gasteiger partial charge on any atom is 0.326 e. The van der Waals surface area contributed by atoms with Crippen molar-refractivity contribution >= 4 is 42.3 Å². The molecule has 1 rings (SSSR count). The maximum atomic E-state index is 13.1. The number of carbonyl (C=O) groups excluding carboxylic acids is 3. The molecule has 1 aliphatic rings. The van der Waals surface area contributed by atoms with E-state index in [4.69, 9.17) is 17.2 Å². The SMILES string of the molecule is CC(C)CC(NC(=O)C(CS)NC(=O)C(N)CCCN=C(N)N)C(=O)N1CCCC1C(=O)O. The van der Waals surface area contributed by atoms with Crippen LogP contribution in [-0.4, -0.2) is 82.7 Å². The number of guanidine groups is 1. The molecule has 0 aromatic heterocycles. The molecule has 0 aromatic carbocycles. The van der Waals surface area contributed by atoms with E-state index in [2.05, 4.69) is 28.3 Å². The molecule has 9 N–H and O–H groups in total. The normalized spacial score (nSPS) is 18.3. The molecular weight excluding hydrogens is 450 g/mol. The molecule has 1 fully saturated rings. The van der Waals surface area contributed by atoms with Gasteiger partial charge in [0.05, 0.1) is 6.04 Å². The molecule has 0 saturated carbocycles. The van der Waals surface area contributed by atoms with Gasteiger partial charge in [0.15, 0.2) is 5.96 Å². The fraction of sp³-hybridized carbons (Fsp3) is 0.750. The van der Waals surface area contributed by atoms with Gasteiger partial charge >= 0.3 is 5.97 Å². The summed E-state index contributed by atoms with van der Waals surface area (Å²) in [4.78, 5) is 54.9. The summed E-state index contributed by atoms with van der Waals surface area (Å²) >= 11 is 4.14. The van der Waals surface area contributed by atoms with Crippen LogP contribution in [0.4, 0.5) is 0 Å². The van der Waals surface area contributed by atoms with Crippen molar-refractivity contribution in [3.05, 3.63) is 0 Å². The van der Waals surface area contributed by atoms with Gasteiger partial charge in [0.1, 0.15) is 18.1 Å². The van der Waals surface area contributed by atoms with Crippen LogP contribution in [0.5, 0.6) is 0 Å². The summed E-state index contributed by atoms with van der Waals surface area (Å²) in [6.07, 6.45) is 2.07. The van der Waals surface area contributed by atoms with E-state index < -0.39 is 47.9 Å². The summed E-state index contributed by atoms with van der Waals surface area (Å²) in [5, 5.41) is 14.6. The third-order valence-corrected chi connectivity index (χ3v) is 5.63. The second-order valence-electron chi connectivity index (χ2n) is 8.52. The average Bonchev–Trinajstić information content (AvgIpc) is 3.23. The summed E-state index contributed by atoms with van der Waals surface area (Å²) in [5.74, 6) is -2.63. The third-order valence-electron chi connectivity index (χ3n) is 5.26.